The molecule has 0 spiro atoms. The van der Waals surface area contributed by atoms with E-state index in [9.17, 15) is 4.79 Å². The van der Waals surface area contributed by atoms with Gasteiger partial charge in [0.1, 0.15) is 23.2 Å². The lowest BCUT2D eigenvalue weighted by atomic mass is 9.94. The fourth-order valence-electron chi connectivity index (χ4n) is 4.57. The third-order valence-electron chi connectivity index (χ3n) is 6.78. The second-order valence-corrected chi connectivity index (χ2v) is 10.4. The zero-order valence-corrected chi connectivity index (χ0v) is 23.8. The van der Waals surface area contributed by atoms with Gasteiger partial charge < -0.3 is 28.4 Å². The van der Waals surface area contributed by atoms with Crippen molar-refractivity contribution < 1.29 is 33.2 Å². The number of nitrogens with zero attached hydrogens (tertiary/aromatic N) is 3. The predicted molar refractivity (Wildman–Crippen MR) is 148 cm³/mol. The number of fused-ring (bicyclic) bond motifs is 2. The van der Waals surface area contributed by atoms with Gasteiger partial charge in [-0.1, -0.05) is 43.3 Å². The Bertz CT molecular complexity index is 1080. The molecule has 2 aliphatic rings. The number of rotatable bonds is 9. The van der Waals surface area contributed by atoms with Gasteiger partial charge in [-0.2, -0.15) is 0 Å². The molecule has 1 fully saturated rings. The Morgan fingerprint density at radius 2 is 1.87 bits per heavy atom. The summed E-state index contributed by atoms with van der Waals surface area (Å²) in [7, 11) is 1.51. The van der Waals surface area contributed by atoms with Gasteiger partial charge in [-0.05, 0) is 57.2 Å². The first-order chi connectivity index (χ1) is 18.6. The van der Waals surface area contributed by atoms with Crippen LogP contribution in [0.4, 0.5) is 0 Å². The lowest BCUT2D eigenvalue weighted by molar-refractivity contribution is -0.148. The van der Waals surface area contributed by atoms with Crippen molar-refractivity contribution in [3.63, 3.8) is 0 Å². The van der Waals surface area contributed by atoms with Gasteiger partial charge in [-0.25, -0.2) is 4.79 Å². The Labute approximate surface area is 230 Å². The molecular weight excluding hydrogens is 502 g/mol. The molecule has 39 heavy (non-hydrogen) atoms. The van der Waals surface area contributed by atoms with Crippen LogP contribution in [0.2, 0.25) is 0 Å². The Kier molecular flexibility index (Phi) is 11.2. The number of unbranched alkanes of at least 4 members (excludes halogenated alkanes) is 1. The van der Waals surface area contributed by atoms with E-state index in [0.29, 0.717) is 55.0 Å². The first-order valence-corrected chi connectivity index (χ1v) is 13.5. The molecule has 0 N–H and O–H groups in total. The van der Waals surface area contributed by atoms with Crippen LogP contribution in [0.3, 0.4) is 0 Å². The van der Waals surface area contributed by atoms with Crippen LogP contribution in [0.15, 0.2) is 35.5 Å². The highest BCUT2D eigenvalue weighted by atomic mass is 16.8. The molecule has 0 aliphatic carbocycles. The molecule has 2 aliphatic heterocycles. The van der Waals surface area contributed by atoms with Crippen molar-refractivity contribution >= 4 is 12.0 Å². The van der Waals surface area contributed by atoms with Crippen molar-refractivity contribution in [1.82, 2.24) is 0 Å². The summed E-state index contributed by atoms with van der Waals surface area (Å²) in [6.45, 7) is 10.6. The van der Waals surface area contributed by atoms with E-state index in [2.05, 4.69) is 29.1 Å². The summed E-state index contributed by atoms with van der Waals surface area (Å²) < 4.78 is 35.3. The monoisotopic (exact) mass is 543 g/mol. The van der Waals surface area contributed by atoms with Crippen LogP contribution in [0.5, 0.6) is 11.5 Å². The third-order valence-corrected chi connectivity index (χ3v) is 6.78. The van der Waals surface area contributed by atoms with Crippen LogP contribution in [-0.2, 0) is 18.9 Å². The minimum absolute atomic E-state index is 0.0246. The second-order valence-electron chi connectivity index (χ2n) is 10.4. The van der Waals surface area contributed by atoms with Crippen LogP contribution in [0.1, 0.15) is 69.8 Å². The Hall–Kier alpha value is -3.04. The second kappa shape index (κ2) is 14.4. The molecule has 10 nitrogen and oxygen atoms in total. The quantitative estimate of drug-likeness (QED) is 0.0667. The summed E-state index contributed by atoms with van der Waals surface area (Å²) in [6.07, 6.45) is 9.39. The van der Waals surface area contributed by atoms with E-state index in [1.165, 1.54) is 7.11 Å². The van der Waals surface area contributed by atoms with E-state index in [4.69, 9.17) is 34.0 Å². The number of ether oxygens (including phenoxy) is 6. The molecule has 3 rings (SSSR count). The van der Waals surface area contributed by atoms with Gasteiger partial charge in [-0.15, -0.1) is 0 Å². The van der Waals surface area contributed by atoms with Gasteiger partial charge in [0.15, 0.2) is 12.6 Å². The summed E-state index contributed by atoms with van der Waals surface area (Å²) in [5.41, 5.74) is 9.34. The van der Waals surface area contributed by atoms with Crippen LogP contribution >= 0.6 is 0 Å². The lowest BCUT2D eigenvalue weighted by Crippen LogP contribution is -2.29. The molecule has 1 aromatic rings. The molecular formula is C29H41N3O7. The minimum atomic E-state index is -0.685. The molecule has 0 radical (unpaired) electrons. The molecule has 214 valence electrons. The SMILES string of the molecule is COCOc1cc(OCCCCN=[N+]=[N-])cc2c1C(=O)O[C@@H](C)[C@H](C)/C=C\C(C)C1OC(C)(C)OC1C/C=C/2. The molecule has 2 heterocycles. The fraction of sp³-hybridized carbons (Fsp3) is 0.621. The maximum absolute atomic E-state index is 13.5. The predicted octanol–water partition coefficient (Wildman–Crippen LogP) is 6.45. The first kappa shape index (κ1) is 30.5. The van der Waals surface area contributed by atoms with Crippen molar-refractivity contribution in [2.24, 2.45) is 17.0 Å². The normalized spacial score (nSPS) is 28.2. The number of cyclic esters (lactones) is 1. The summed E-state index contributed by atoms with van der Waals surface area (Å²) in [5.74, 6) is -0.236. The van der Waals surface area contributed by atoms with Crippen molar-refractivity contribution in [3.8, 4) is 11.5 Å². The van der Waals surface area contributed by atoms with Gasteiger partial charge >= 0.3 is 5.97 Å². The van der Waals surface area contributed by atoms with Gasteiger partial charge in [0.05, 0.1) is 18.8 Å². The Morgan fingerprint density at radius 1 is 1.10 bits per heavy atom. The number of hydrogen-bond acceptors (Lipinski definition) is 8. The largest absolute Gasteiger partial charge is 0.493 e. The molecule has 1 aromatic carbocycles. The highest BCUT2D eigenvalue weighted by Crippen LogP contribution is 2.36. The minimum Gasteiger partial charge on any atom is -0.493 e. The first-order valence-electron chi connectivity index (χ1n) is 13.5. The molecule has 3 unspecified atom stereocenters. The van der Waals surface area contributed by atoms with Crippen molar-refractivity contribution in [3.05, 3.63) is 51.9 Å². The molecule has 5 atom stereocenters. The number of carbonyl (C=O) groups is 1. The number of carbonyl (C=O) groups excluding carboxylic acids is 1. The zero-order chi connectivity index (χ0) is 28.4. The average molecular weight is 544 g/mol. The topological polar surface area (TPSA) is 121 Å². The van der Waals surface area contributed by atoms with Crippen LogP contribution < -0.4 is 9.47 Å². The maximum Gasteiger partial charge on any atom is 0.342 e. The molecule has 0 amide bonds. The number of methoxy groups -OCH3 is 1. The van der Waals surface area contributed by atoms with E-state index >= 15 is 0 Å². The molecule has 0 bridgehead atoms. The number of esters is 1. The number of hydrogen-bond donors (Lipinski definition) is 0. The maximum atomic E-state index is 13.5. The highest BCUT2D eigenvalue weighted by molar-refractivity contribution is 5.97. The smallest absolute Gasteiger partial charge is 0.342 e. The Morgan fingerprint density at radius 3 is 2.62 bits per heavy atom. The van der Waals surface area contributed by atoms with Gasteiger partial charge in [-0.3, -0.25) is 0 Å². The third kappa shape index (κ3) is 8.73. The summed E-state index contributed by atoms with van der Waals surface area (Å²) >= 11 is 0. The number of benzene rings is 1. The van der Waals surface area contributed by atoms with Gasteiger partial charge in [0.25, 0.3) is 0 Å². The summed E-state index contributed by atoms with van der Waals surface area (Å²) in [4.78, 5) is 16.3. The molecule has 10 heteroatoms. The summed E-state index contributed by atoms with van der Waals surface area (Å²) in [5, 5.41) is 3.55. The van der Waals surface area contributed by atoms with E-state index in [-0.39, 0.29) is 36.9 Å². The standard InChI is InChI=1S/C29H41N3O7/c1-19-12-13-20(2)27-24(38-29(4,5)39-27)11-9-10-22-16-23(35-15-8-7-14-31-32-30)17-25(36-18-34-6)26(22)28(33)37-21(19)3/h9-10,12-13,16-17,19-21,24,27H,7-8,11,14-15,18H2,1-6H3/b10-9+,13-12-/t19-,20?,21+,24?,27?/m1/s1. The number of azide groups is 1. The lowest BCUT2D eigenvalue weighted by Gasteiger charge is -2.23. The van der Waals surface area contributed by atoms with Crippen LogP contribution in [-0.4, -0.2) is 57.1 Å². The van der Waals surface area contributed by atoms with Crippen LogP contribution in [0.25, 0.3) is 16.5 Å². The summed E-state index contributed by atoms with van der Waals surface area (Å²) in [6, 6.07) is 3.47. The van der Waals surface area contributed by atoms with E-state index in [1.54, 1.807) is 12.1 Å². The van der Waals surface area contributed by atoms with Crippen molar-refractivity contribution in [2.75, 3.05) is 27.1 Å². The van der Waals surface area contributed by atoms with Crippen molar-refractivity contribution in [1.29, 1.82) is 0 Å². The molecule has 0 saturated carbocycles. The van der Waals surface area contributed by atoms with Gasteiger partial charge in [0, 0.05) is 36.5 Å². The molecule has 1 saturated heterocycles. The molecule has 0 aromatic heterocycles. The average Bonchev–Trinajstić information content (AvgIpc) is 3.21. The van der Waals surface area contributed by atoms with E-state index in [0.717, 1.165) is 0 Å². The van der Waals surface area contributed by atoms with E-state index < -0.39 is 11.8 Å². The highest BCUT2D eigenvalue weighted by Gasteiger charge is 2.42. The van der Waals surface area contributed by atoms with E-state index in [1.807, 2.05) is 39.8 Å². The fourth-order valence-corrected chi connectivity index (χ4v) is 4.57. The van der Waals surface area contributed by atoms with Crippen molar-refractivity contribution in [2.45, 2.75) is 78.0 Å². The van der Waals surface area contributed by atoms with Crippen LogP contribution in [0, 0.1) is 11.8 Å². The van der Waals surface area contributed by atoms with Gasteiger partial charge in [0.2, 0.25) is 0 Å². The zero-order valence-electron chi connectivity index (χ0n) is 23.8. The Balaban J connectivity index is 1.98.